The van der Waals surface area contributed by atoms with Gasteiger partial charge in [-0.3, -0.25) is 0 Å². The van der Waals surface area contributed by atoms with E-state index in [1.165, 1.54) is 44.9 Å². The maximum atomic E-state index is 5.57. The average molecular weight is 248 g/mol. The second-order valence-electron chi connectivity index (χ2n) is 4.34. The molecule has 0 atom stereocenters. The minimum atomic E-state index is 0.751. The Morgan fingerprint density at radius 3 is 2.25 bits per heavy atom. The maximum Gasteiger partial charge on any atom is 0.0836 e. The van der Waals surface area contributed by atoms with E-state index in [1.54, 1.807) is 0 Å². The van der Waals surface area contributed by atoms with Crippen molar-refractivity contribution in [3.05, 3.63) is 6.61 Å². The van der Waals surface area contributed by atoms with Crippen molar-refractivity contribution in [1.82, 2.24) is 0 Å². The highest BCUT2D eigenvalue weighted by atomic mass is 35.5. The average Bonchev–Trinajstić information content (AvgIpc) is 2.31. The molecule has 0 bridgehead atoms. The number of rotatable bonds is 13. The van der Waals surface area contributed by atoms with Crippen LogP contribution in [0.5, 0.6) is 0 Å². The fraction of sp³-hybridized carbons (Fsp3) is 0.929. The van der Waals surface area contributed by atoms with Gasteiger partial charge in [-0.15, -0.1) is 11.6 Å². The van der Waals surface area contributed by atoms with E-state index in [0.717, 1.165) is 31.7 Å². The van der Waals surface area contributed by atoms with Crippen LogP contribution in [0.25, 0.3) is 0 Å². The van der Waals surface area contributed by atoms with Gasteiger partial charge in [-0.1, -0.05) is 51.9 Å². The van der Waals surface area contributed by atoms with E-state index in [0.29, 0.717) is 0 Å². The molecule has 0 saturated carbocycles. The lowest BCUT2D eigenvalue weighted by Crippen LogP contribution is -1.92. The van der Waals surface area contributed by atoms with Crippen molar-refractivity contribution >= 4 is 11.6 Å². The molecule has 0 heterocycles. The van der Waals surface area contributed by atoms with Gasteiger partial charge in [0.25, 0.3) is 0 Å². The van der Waals surface area contributed by atoms with Gasteiger partial charge >= 0.3 is 0 Å². The molecular weight excluding hydrogens is 220 g/mol. The van der Waals surface area contributed by atoms with Crippen LogP contribution in [0.2, 0.25) is 0 Å². The van der Waals surface area contributed by atoms with Gasteiger partial charge < -0.3 is 4.74 Å². The predicted octanol–water partition coefficient (Wildman–Crippen LogP) is 5.32. The van der Waals surface area contributed by atoms with Crippen LogP contribution in [0.3, 0.4) is 0 Å². The second-order valence-corrected chi connectivity index (χ2v) is 4.72. The van der Waals surface area contributed by atoms with E-state index in [2.05, 4.69) is 6.92 Å². The Hall–Kier alpha value is 0.250. The molecule has 0 aromatic carbocycles. The SMILES string of the molecule is CCCCCCCCC[CH]OCCCCCl. The van der Waals surface area contributed by atoms with Crippen molar-refractivity contribution < 1.29 is 4.74 Å². The molecular formula is C14H28ClO. The van der Waals surface area contributed by atoms with E-state index >= 15 is 0 Å². The predicted molar refractivity (Wildman–Crippen MR) is 72.8 cm³/mol. The van der Waals surface area contributed by atoms with Crippen LogP contribution < -0.4 is 0 Å². The van der Waals surface area contributed by atoms with Crippen molar-refractivity contribution in [2.75, 3.05) is 12.5 Å². The van der Waals surface area contributed by atoms with Crippen LogP contribution in [0, 0.1) is 6.61 Å². The van der Waals surface area contributed by atoms with Crippen molar-refractivity contribution in [3.8, 4) is 0 Å². The highest BCUT2D eigenvalue weighted by Crippen LogP contribution is 2.09. The molecule has 97 valence electrons. The van der Waals surface area contributed by atoms with Crippen LogP contribution in [-0.2, 0) is 4.74 Å². The quantitative estimate of drug-likeness (QED) is 0.316. The Labute approximate surface area is 107 Å². The summed E-state index contributed by atoms with van der Waals surface area (Å²) >= 11 is 5.57. The monoisotopic (exact) mass is 247 g/mol. The normalized spacial score (nSPS) is 10.9. The summed E-state index contributed by atoms with van der Waals surface area (Å²) in [6.07, 6.45) is 12.8. The van der Waals surface area contributed by atoms with Gasteiger partial charge in [-0.2, -0.15) is 0 Å². The number of halogens is 1. The summed E-state index contributed by atoms with van der Waals surface area (Å²) in [5.74, 6) is 0.751. The number of alkyl halides is 1. The molecule has 0 N–H and O–H groups in total. The smallest absolute Gasteiger partial charge is 0.0836 e. The summed E-state index contributed by atoms with van der Waals surface area (Å²) in [6.45, 7) is 5.07. The van der Waals surface area contributed by atoms with Crippen molar-refractivity contribution in [1.29, 1.82) is 0 Å². The third-order valence-corrected chi connectivity index (χ3v) is 2.96. The molecule has 1 nitrogen and oxygen atoms in total. The first-order chi connectivity index (χ1) is 7.91. The first-order valence-corrected chi connectivity index (χ1v) is 7.44. The first kappa shape index (κ1) is 16.2. The van der Waals surface area contributed by atoms with Crippen LogP contribution in [0.1, 0.15) is 71.1 Å². The third kappa shape index (κ3) is 14.2. The Kier molecular flexibility index (Phi) is 15.5. The van der Waals surface area contributed by atoms with Gasteiger partial charge in [0.2, 0.25) is 0 Å². The summed E-state index contributed by atoms with van der Waals surface area (Å²) < 4.78 is 5.40. The fourth-order valence-electron chi connectivity index (χ4n) is 1.63. The number of ether oxygens (including phenoxy) is 1. The van der Waals surface area contributed by atoms with Crippen molar-refractivity contribution in [2.45, 2.75) is 71.1 Å². The van der Waals surface area contributed by atoms with Crippen LogP contribution >= 0.6 is 11.6 Å². The molecule has 0 rings (SSSR count). The molecule has 0 aromatic heterocycles. The number of hydrogen-bond donors (Lipinski definition) is 0. The first-order valence-electron chi connectivity index (χ1n) is 6.91. The summed E-state index contributed by atoms with van der Waals surface area (Å²) in [7, 11) is 0. The Bertz CT molecular complexity index is 103. The van der Waals surface area contributed by atoms with E-state index in [4.69, 9.17) is 16.3 Å². The molecule has 0 aliphatic rings. The molecule has 0 spiro atoms. The zero-order valence-corrected chi connectivity index (χ0v) is 11.6. The summed E-state index contributed by atoms with van der Waals surface area (Å²) in [4.78, 5) is 0. The molecule has 0 aromatic rings. The van der Waals surface area contributed by atoms with Gasteiger partial charge in [-0.25, -0.2) is 0 Å². The topological polar surface area (TPSA) is 9.23 Å². The lowest BCUT2D eigenvalue weighted by molar-refractivity contribution is 0.186. The molecule has 0 amide bonds. The number of unbranched alkanes of at least 4 members (excludes halogenated alkanes) is 8. The maximum absolute atomic E-state index is 5.57. The lowest BCUT2D eigenvalue weighted by Gasteiger charge is -2.03. The molecule has 0 saturated heterocycles. The minimum absolute atomic E-state index is 0.751. The number of hydrogen-bond acceptors (Lipinski definition) is 1. The standard InChI is InChI=1S/C14H28ClO/c1-2-3-4-5-6-7-8-10-13-16-14-11-9-12-15/h13H,2-12,14H2,1H3. The zero-order chi connectivity index (χ0) is 11.9. The van der Waals surface area contributed by atoms with Crippen molar-refractivity contribution in [3.63, 3.8) is 0 Å². The van der Waals surface area contributed by atoms with Gasteiger partial charge in [0, 0.05) is 12.5 Å². The Morgan fingerprint density at radius 2 is 1.56 bits per heavy atom. The Balaban J connectivity index is 2.83. The minimum Gasteiger partial charge on any atom is -0.376 e. The molecule has 0 unspecified atom stereocenters. The highest BCUT2D eigenvalue weighted by Gasteiger charge is 1.93. The van der Waals surface area contributed by atoms with E-state index in [9.17, 15) is 0 Å². The molecule has 0 fully saturated rings. The molecule has 1 radical (unpaired) electrons. The summed E-state index contributed by atoms with van der Waals surface area (Å²) in [6, 6.07) is 0. The largest absolute Gasteiger partial charge is 0.376 e. The summed E-state index contributed by atoms with van der Waals surface area (Å²) in [5.41, 5.74) is 0. The van der Waals surface area contributed by atoms with Gasteiger partial charge in [-0.05, 0) is 19.3 Å². The third-order valence-electron chi connectivity index (χ3n) is 2.69. The second kappa shape index (κ2) is 15.2. The molecule has 2 heteroatoms. The van der Waals surface area contributed by atoms with Gasteiger partial charge in [0.1, 0.15) is 0 Å². The fourth-order valence-corrected chi connectivity index (χ4v) is 1.82. The van der Waals surface area contributed by atoms with Crippen molar-refractivity contribution in [2.24, 2.45) is 0 Å². The molecule has 0 aliphatic heterocycles. The van der Waals surface area contributed by atoms with Crippen LogP contribution in [0.15, 0.2) is 0 Å². The molecule has 16 heavy (non-hydrogen) atoms. The highest BCUT2D eigenvalue weighted by molar-refractivity contribution is 6.17. The zero-order valence-electron chi connectivity index (χ0n) is 10.8. The van der Waals surface area contributed by atoms with E-state index in [-0.39, 0.29) is 0 Å². The Morgan fingerprint density at radius 1 is 0.875 bits per heavy atom. The summed E-state index contributed by atoms with van der Waals surface area (Å²) in [5, 5.41) is 0. The van der Waals surface area contributed by atoms with E-state index in [1.807, 2.05) is 6.61 Å². The van der Waals surface area contributed by atoms with Crippen LogP contribution in [-0.4, -0.2) is 12.5 Å². The van der Waals surface area contributed by atoms with Gasteiger partial charge in [0.15, 0.2) is 0 Å². The lowest BCUT2D eigenvalue weighted by atomic mass is 10.1. The van der Waals surface area contributed by atoms with E-state index < -0.39 is 0 Å². The van der Waals surface area contributed by atoms with Gasteiger partial charge in [0.05, 0.1) is 6.61 Å². The molecule has 0 aliphatic carbocycles. The van der Waals surface area contributed by atoms with Crippen LogP contribution in [0.4, 0.5) is 0 Å².